The summed E-state index contributed by atoms with van der Waals surface area (Å²) in [6.07, 6.45) is 0.727. The third kappa shape index (κ3) is 5.15. The number of amides is 2. The Labute approximate surface area is 124 Å². The van der Waals surface area contributed by atoms with Crippen molar-refractivity contribution >= 4 is 17.7 Å². The van der Waals surface area contributed by atoms with Gasteiger partial charge in [-0.25, -0.2) is 4.79 Å². The van der Waals surface area contributed by atoms with Crippen molar-refractivity contribution in [2.45, 2.75) is 19.8 Å². The van der Waals surface area contributed by atoms with Gasteiger partial charge in [-0.2, -0.15) is 5.26 Å². The molecule has 2 N–H and O–H groups in total. The molecule has 1 unspecified atom stereocenters. The molecule has 0 bridgehead atoms. The van der Waals surface area contributed by atoms with Crippen LogP contribution < -0.4 is 10.2 Å². The normalized spacial score (nSPS) is 11.3. The van der Waals surface area contributed by atoms with E-state index in [1.165, 1.54) is 4.90 Å². The van der Waals surface area contributed by atoms with Gasteiger partial charge in [0.15, 0.2) is 0 Å². The minimum absolute atomic E-state index is 0.0390. The Morgan fingerprint density at radius 1 is 1.38 bits per heavy atom. The van der Waals surface area contributed by atoms with Crippen LogP contribution in [0.3, 0.4) is 0 Å². The van der Waals surface area contributed by atoms with E-state index in [2.05, 4.69) is 5.32 Å². The maximum Gasteiger partial charge on any atom is 0.321 e. The number of nitriles is 1. The summed E-state index contributed by atoms with van der Waals surface area (Å²) in [7, 11) is 1.62. The molecule has 112 valence electrons. The van der Waals surface area contributed by atoms with Crippen molar-refractivity contribution in [1.82, 2.24) is 5.32 Å². The van der Waals surface area contributed by atoms with Gasteiger partial charge in [0.1, 0.15) is 0 Å². The van der Waals surface area contributed by atoms with E-state index in [0.717, 1.165) is 0 Å². The zero-order valence-electron chi connectivity index (χ0n) is 12.2. The first-order valence-corrected chi connectivity index (χ1v) is 6.71. The molecule has 0 fully saturated rings. The molecule has 0 radical (unpaired) electrons. The largest absolute Gasteiger partial charge is 0.481 e. The third-order valence-electron chi connectivity index (χ3n) is 3.27. The molecule has 1 atom stereocenters. The summed E-state index contributed by atoms with van der Waals surface area (Å²) in [5.74, 6) is -0.947. The van der Waals surface area contributed by atoms with Crippen LogP contribution in [0.5, 0.6) is 0 Å². The fourth-order valence-electron chi connectivity index (χ4n) is 1.83. The van der Waals surface area contributed by atoms with E-state index in [0.29, 0.717) is 24.2 Å². The van der Waals surface area contributed by atoms with Crippen molar-refractivity contribution in [3.8, 4) is 6.07 Å². The molecular formula is C15H19N3O3. The minimum atomic E-state index is -0.864. The molecule has 6 heteroatoms. The highest BCUT2D eigenvalue weighted by molar-refractivity contribution is 5.91. The number of carbonyl (C=O) groups is 2. The lowest BCUT2D eigenvalue weighted by Gasteiger charge is -2.20. The van der Waals surface area contributed by atoms with Crippen LogP contribution in [-0.2, 0) is 4.79 Å². The molecule has 0 spiro atoms. The van der Waals surface area contributed by atoms with Crippen molar-refractivity contribution in [2.75, 3.05) is 18.5 Å². The van der Waals surface area contributed by atoms with E-state index in [9.17, 15) is 9.59 Å². The molecule has 1 aromatic carbocycles. The van der Waals surface area contributed by atoms with Crippen LogP contribution >= 0.6 is 0 Å². The second kappa shape index (κ2) is 7.90. The van der Waals surface area contributed by atoms with E-state index in [1.807, 2.05) is 13.0 Å². The highest BCUT2D eigenvalue weighted by atomic mass is 16.4. The van der Waals surface area contributed by atoms with Gasteiger partial charge in [0, 0.05) is 25.7 Å². The molecule has 0 aromatic heterocycles. The quantitative estimate of drug-likeness (QED) is 0.839. The smallest absolute Gasteiger partial charge is 0.321 e. The lowest BCUT2D eigenvalue weighted by atomic mass is 10.0. The number of hydrogen-bond donors (Lipinski definition) is 2. The van der Waals surface area contributed by atoms with Gasteiger partial charge in [0.25, 0.3) is 0 Å². The predicted molar refractivity (Wildman–Crippen MR) is 79.0 cm³/mol. The lowest BCUT2D eigenvalue weighted by molar-refractivity contribution is -0.138. The monoisotopic (exact) mass is 289 g/mol. The molecular weight excluding hydrogens is 270 g/mol. The summed E-state index contributed by atoms with van der Waals surface area (Å²) in [5.41, 5.74) is 1.19. The van der Waals surface area contributed by atoms with Gasteiger partial charge in [0.2, 0.25) is 0 Å². The van der Waals surface area contributed by atoms with Crippen molar-refractivity contribution in [2.24, 2.45) is 5.92 Å². The molecule has 0 saturated carbocycles. The number of urea groups is 1. The maximum atomic E-state index is 12.0. The highest BCUT2D eigenvalue weighted by Gasteiger charge is 2.15. The summed E-state index contributed by atoms with van der Waals surface area (Å²) in [4.78, 5) is 24.1. The average molecular weight is 289 g/mol. The number of carbonyl (C=O) groups excluding carboxylic acids is 1. The van der Waals surface area contributed by atoms with Crippen LogP contribution in [0.15, 0.2) is 24.3 Å². The molecule has 0 aliphatic carbocycles. The summed E-state index contributed by atoms with van der Waals surface area (Å²) >= 11 is 0. The number of aliphatic carboxylic acids is 1. The molecule has 1 aromatic rings. The Morgan fingerprint density at radius 2 is 2.00 bits per heavy atom. The highest BCUT2D eigenvalue weighted by Crippen LogP contribution is 2.14. The van der Waals surface area contributed by atoms with E-state index in [4.69, 9.17) is 10.4 Å². The first kappa shape index (κ1) is 16.5. The van der Waals surface area contributed by atoms with Crippen LogP contribution in [0.1, 0.15) is 25.3 Å². The summed E-state index contributed by atoms with van der Waals surface area (Å²) < 4.78 is 0. The molecule has 6 nitrogen and oxygen atoms in total. The maximum absolute atomic E-state index is 12.0. The van der Waals surface area contributed by atoms with Gasteiger partial charge >= 0.3 is 12.0 Å². The fraction of sp³-hybridized carbons (Fsp3) is 0.400. The zero-order chi connectivity index (χ0) is 15.8. The standard InChI is InChI=1S/C15H19N3O3/c1-3-11(8-14(19)20)10-17-15(21)18(2)13-6-4-12(9-16)5-7-13/h4-7,11H,3,8,10H2,1-2H3,(H,17,21)(H,19,20). The van der Waals surface area contributed by atoms with E-state index < -0.39 is 5.97 Å². The van der Waals surface area contributed by atoms with Crippen molar-refractivity contribution in [3.05, 3.63) is 29.8 Å². The molecule has 0 saturated heterocycles. The van der Waals surface area contributed by atoms with Gasteiger partial charge in [-0.15, -0.1) is 0 Å². The number of rotatable bonds is 6. The summed E-state index contributed by atoms with van der Waals surface area (Å²) in [5, 5.41) is 20.2. The molecule has 0 aliphatic heterocycles. The molecule has 0 aliphatic rings. The van der Waals surface area contributed by atoms with Gasteiger partial charge in [-0.3, -0.25) is 9.69 Å². The number of carboxylic acids is 1. The Bertz CT molecular complexity index is 534. The Kier molecular flexibility index (Phi) is 6.21. The van der Waals surface area contributed by atoms with Crippen LogP contribution in [0.4, 0.5) is 10.5 Å². The minimum Gasteiger partial charge on any atom is -0.481 e. The lowest BCUT2D eigenvalue weighted by Crippen LogP contribution is -2.40. The SMILES string of the molecule is CCC(CNC(=O)N(C)c1ccc(C#N)cc1)CC(=O)O. The number of carboxylic acid groups (broad SMARTS) is 1. The second-order valence-electron chi connectivity index (χ2n) is 4.78. The van der Waals surface area contributed by atoms with Crippen molar-refractivity contribution in [3.63, 3.8) is 0 Å². The fourth-order valence-corrected chi connectivity index (χ4v) is 1.83. The molecule has 21 heavy (non-hydrogen) atoms. The third-order valence-corrected chi connectivity index (χ3v) is 3.27. The van der Waals surface area contributed by atoms with Gasteiger partial charge in [0.05, 0.1) is 11.6 Å². The van der Waals surface area contributed by atoms with Crippen LogP contribution in [0, 0.1) is 17.2 Å². The summed E-state index contributed by atoms with van der Waals surface area (Å²) in [6.45, 7) is 2.21. The molecule has 0 heterocycles. The molecule has 2 amide bonds. The summed E-state index contributed by atoms with van der Waals surface area (Å²) in [6, 6.07) is 8.36. The first-order chi connectivity index (χ1) is 9.97. The number of hydrogen-bond acceptors (Lipinski definition) is 3. The number of nitrogens with one attached hydrogen (secondary N) is 1. The number of benzene rings is 1. The second-order valence-corrected chi connectivity index (χ2v) is 4.78. The number of nitrogens with zero attached hydrogens (tertiary/aromatic N) is 2. The average Bonchev–Trinajstić information content (AvgIpc) is 2.50. The van der Waals surface area contributed by atoms with Gasteiger partial charge in [-0.05, 0) is 30.2 Å². The number of anilines is 1. The van der Waals surface area contributed by atoms with Crippen LogP contribution in [-0.4, -0.2) is 30.7 Å². The predicted octanol–water partition coefficient (Wildman–Crippen LogP) is 2.20. The van der Waals surface area contributed by atoms with E-state index >= 15 is 0 Å². The van der Waals surface area contributed by atoms with Crippen LogP contribution in [0.2, 0.25) is 0 Å². The molecule has 1 rings (SSSR count). The van der Waals surface area contributed by atoms with Crippen LogP contribution in [0.25, 0.3) is 0 Å². The Balaban J connectivity index is 2.57. The van der Waals surface area contributed by atoms with E-state index in [-0.39, 0.29) is 18.4 Å². The van der Waals surface area contributed by atoms with E-state index in [1.54, 1.807) is 31.3 Å². The van der Waals surface area contributed by atoms with Gasteiger partial charge in [-0.1, -0.05) is 13.3 Å². The Hall–Kier alpha value is -2.55. The topological polar surface area (TPSA) is 93.4 Å². The van der Waals surface area contributed by atoms with Crippen molar-refractivity contribution in [1.29, 1.82) is 5.26 Å². The van der Waals surface area contributed by atoms with Gasteiger partial charge < -0.3 is 10.4 Å². The first-order valence-electron chi connectivity index (χ1n) is 6.71. The van der Waals surface area contributed by atoms with Crippen molar-refractivity contribution < 1.29 is 14.7 Å². The Morgan fingerprint density at radius 3 is 2.48 bits per heavy atom. The zero-order valence-corrected chi connectivity index (χ0v) is 12.2.